The second-order valence-electron chi connectivity index (χ2n) is 4.57. The van der Waals surface area contributed by atoms with Gasteiger partial charge in [-0.15, -0.1) is 0 Å². The number of rotatable bonds is 7. The molecular weight excluding hydrogens is 229 g/mol. The van der Waals surface area contributed by atoms with E-state index in [0.717, 1.165) is 25.0 Å². The molecule has 0 aliphatic rings. The van der Waals surface area contributed by atoms with Crippen molar-refractivity contribution in [3.63, 3.8) is 0 Å². The number of nitrogens with one attached hydrogen (secondary N) is 1. The van der Waals surface area contributed by atoms with Gasteiger partial charge in [-0.3, -0.25) is 0 Å². The molecule has 0 aliphatic carbocycles. The molecule has 0 fully saturated rings. The second kappa shape index (κ2) is 7.49. The molecule has 0 aromatic heterocycles. The van der Waals surface area contributed by atoms with Gasteiger partial charge >= 0.3 is 0 Å². The molecule has 1 aromatic carbocycles. The molecular formula is C15H24FNO. The maximum Gasteiger partial charge on any atom is 0.123 e. The zero-order chi connectivity index (χ0) is 13.5. The van der Waals surface area contributed by atoms with Crippen LogP contribution in [-0.4, -0.2) is 25.8 Å². The van der Waals surface area contributed by atoms with Gasteiger partial charge in [0.15, 0.2) is 0 Å². The molecule has 0 amide bonds. The van der Waals surface area contributed by atoms with Gasteiger partial charge in [0, 0.05) is 12.6 Å². The van der Waals surface area contributed by atoms with Gasteiger partial charge in [-0.1, -0.05) is 13.0 Å². The van der Waals surface area contributed by atoms with Crippen molar-refractivity contribution in [3.05, 3.63) is 35.1 Å². The van der Waals surface area contributed by atoms with Gasteiger partial charge in [-0.2, -0.15) is 0 Å². The zero-order valence-electron chi connectivity index (χ0n) is 11.8. The molecule has 0 radical (unpaired) electrons. The lowest BCUT2D eigenvalue weighted by Crippen LogP contribution is -2.41. The van der Waals surface area contributed by atoms with Gasteiger partial charge in [0.25, 0.3) is 0 Å². The third-order valence-corrected chi connectivity index (χ3v) is 3.35. The smallest absolute Gasteiger partial charge is 0.123 e. The fourth-order valence-electron chi connectivity index (χ4n) is 2.28. The Morgan fingerprint density at radius 1 is 1.33 bits per heavy atom. The molecule has 18 heavy (non-hydrogen) atoms. The van der Waals surface area contributed by atoms with Crippen molar-refractivity contribution in [2.45, 2.75) is 45.8 Å². The Kier molecular flexibility index (Phi) is 6.30. The predicted octanol–water partition coefficient (Wildman–Crippen LogP) is 3.08. The SMILES string of the molecule is CCOC(CC)C(Cc1ccc(F)cc1C)NC. The number of aryl methyl sites for hydroxylation is 1. The summed E-state index contributed by atoms with van der Waals surface area (Å²) in [6, 6.07) is 5.24. The van der Waals surface area contributed by atoms with E-state index >= 15 is 0 Å². The van der Waals surface area contributed by atoms with Crippen LogP contribution in [0.1, 0.15) is 31.4 Å². The summed E-state index contributed by atoms with van der Waals surface area (Å²) in [5.74, 6) is -0.172. The van der Waals surface area contributed by atoms with Gasteiger partial charge in [0.2, 0.25) is 0 Å². The highest BCUT2D eigenvalue weighted by atomic mass is 19.1. The van der Waals surface area contributed by atoms with Crippen molar-refractivity contribution < 1.29 is 9.13 Å². The van der Waals surface area contributed by atoms with Crippen molar-refractivity contribution in [1.82, 2.24) is 5.32 Å². The number of ether oxygens (including phenoxy) is 1. The van der Waals surface area contributed by atoms with Crippen LogP contribution < -0.4 is 5.32 Å². The van der Waals surface area contributed by atoms with Gasteiger partial charge < -0.3 is 10.1 Å². The Balaban J connectivity index is 2.78. The van der Waals surface area contributed by atoms with Gasteiger partial charge in [-0.25, -0.2) is 4.39 Å². The molecule has 102 valence electrons. The highest BCUT2D eigenvalue weighted by Gasteiger charge is 2.19. The van der Waals surface area contributed by atoms with E-state index in [1.165, 1.54) is 11.6 Å². The van der Waals surface area contributed by atoms with E-state index in [0.29, 0.717) is 0 Å². The molecule has 3 heteroatoms. The van der Waals surface area contributed by atoms with Crippen molar-refractivity contribution in [1.29, 1.82) is 0 Å². The fraction of sp³-hybridized carbons (Fsp3) is 0.600. The summed E-state index contributed by atoms with van der Waals surface area (Å²) in [6.45, 7) is 6.81. The van der Waals surface area contributed by atoms with Crippen LogP contribution in [0.4, 0.5) is 4.39 Å². The van der Waals surface area contributed by atoms with Crippen LogP contribution in [0.15, 0.2) is 18.2 Å². The predicted molar refractivity (Wildman–Crippen MR) is 73.4 cm³/mol. The molecule has 2 unspecified atom stereocenters. The van der Waals surface area contributed by atoms with E-state index in [1.807, 2.05) is 27.0 Å². The number of hydrogen-bond acceptors (Lipinski definition) is 2. The first-order valence-corrected chi connectivity index (χ1v) is 6.66. The molecule has 1 rings (SSSR count). The average molecular weight is 253 g/mol. The van der Waals surface area contributed by atoms with Crippen LogP contribution in [0.5, 0.6) is 0 Å². The number of benzene rings is 1. The van der Waals surface area contributed by atoms with E-state index in [-0.39, 0.29) is 18.0 Å². The minimum absolute atomic E-state index is 0.172. The molecule has 2 atom stereocenters. The molecule has 1 N–H and O–H groups in total. The number of likely N-dealkylation sites (N-methyl/N-ethyl adjacent to an activating group) is 1. The molecule has 0 saturated heterocycles. The highest BCUT2D eigenvalue weighted by molar-refractivity contribution is 5.27. The molecule has 1 aromatic rings. The van der Waals surface area contributed by atoms with Crippen molar-refractivity contribution >= 4 is 0 Å². The van der Waals surface area contributed by atoms with E-state index < -0.39 is 0 Å². The lowest BCUT2D eigenvalue weighted by Gasteiger charge is -2.26. The summed E-state index contributed by atoms with van der Waals surface area (Å²) >= 11 is 0. The lowest BCUT2D eigenvalue weighted by molar-refractivity contribution is 0.0338. The van der Waals surface area contributed by atoms with Gasteiger partial charge in [0.1, 0.15) is 5.82 Å². The first-order valence-electron chi connectivity index (χ1n) is 6.66. The Hall–Kier alpha value is -0.930. The van der Waals surface area contributed by atoms with Crippen LogP contribution >= 0.6 is 0 Å². The Labute approximate surface area is 110 Å². The number of halogens is 1. The summed E-state index contributed by atoms with van der Waals surface area (Å²) in [6.07, 6.45) is 2.03. The summed E-state index contributed by atoms with van der Waals surface area (Å²) in [5, 5.41) is 3.31. The third-order valence-electron chi connectivity index (χ3n) is 3.35. The topological polar surface area (TPSA) is 21.3 Å². The molecule has 0 aliphatic heterocycles. The molecule has 2 nitrogen and oxygen atoms in total. The quantitative estimate of drug-likeness (QED) is 0.806. The van der Waals surface area contributed by atoms with Crippen LogP contribution in [0.3, 0.4) is 0 Å². The summed E-state index contributed by atoms with van der Waals surface area (Å²) in [7, 11) is 1.95. The standard InChI is InChI=1S/C15H24FNO/c1-5-15(18-6-2)14(17-4)10-12-7-8-13(16)9-11(12)3/h7-9,14-15,17H,5-6,10H2,1-4H3. The first-order chi connectivity index (χ1) is 8.62. The third kappa shape index (κ3) is 4.07. The van der Waals surface area contributed by atoms with Gasteiger partial charge in [0.05, 0.1) is 6.10 Å². The van der Waals surface area contributed by atoms with Crippen LogP contribution in [0.2, 0.25) is 0 Å². The average Bonchev–Trinajstić information content (AvgIpc) is 2.36. The summed E-state index contributed by atoms with van der Waals surface area (Å²) in [4.78, 5) is 0. The van der Waals surface area contributed by atoms with Crippen LogP contribution in [-0.2, 0) is 11.2 Å². The maximum atomic E-state index is 13.1. The Morgan fingerprint density at radius 2 is 2.06 bits per heavy atom. The molecule has 0 spiro atoms. The highest BCUT2D eigenvalue weighted by Crippen LogP contribution is 2.16. The Bertz CT molecular complexity index is 368. The van der Waals surface area contributed by atoms with Crippen LogP contribution in [0, 0.1) is 12.7 Å². The van der Waals surface area contributed by atoms with Crippen molar-refractivity contribution in [2.75, 3.05) is 13.7 Å². The molecule has 0 heterocycles. The van der Waals surface area contributed by atoms with E-state index in [4.69, 9.17) is 4.74 Å². The summed E-state index contributed by atoms with van der Waals surface area (Å²) in [5.41, 5.74) is 2.18. The normalized spacial score (nSPS) is 14.5. The zero-order valence-corrected chi connectivity index (χ0v) is 11.8. The monoisotopic (exact) mass is 253 g/mol. The van der Waals surface area contributed by atoms with Crippen molar-refractivity contribution in [3.8, 4) is 0 Å². The summed E-state index contributed by atoms with van der Waals surface area (Å²) < 4.78 is 18.8. The minimum Gasteiger partial charge on any atom is -0.377 e. The van der Waals surface area contributed by atoms with Crippen molar-refractivity contribution in [2.24, 2.45) is 0 Å². The maximum absolute atomic E-state index is 13.1. The van der Waals surface area contributed by atoms with Crippen LogP contribution in [0.25, 0.3) is 0 Å². The lowest BCUT2D eigenvalue weighted by atomic mass is 9.96. The molecule has 0 saturated carbocycles. The Morgan fingerprint density at radius 3 is 2.56 bits per heavy atom. The largest absolute Gasteiger partial charge is 0.377 e. The minimum atomic E-state index is -0.172. The fourth-order valence-corrected chi connectivity index (χ4v) is 2.28. The van der Waals surface area contributed by atoms with E-state index in [9.17, 15) is 4.39 Å². The second-order valence-corrected chi connectivity index (χ2v) is 4.57. The molecule has 0 bridgehead atoms. The van der Waals surface area contributed by atoms with E-state index in [1.54, 1.807) is 6.07 Å². The van der Waals surface area contributed by atoms with Gasteiger partial charge in [-0.05, 0) is 57.0 Å². The van der Waals surface area contributed by atoms with E-state index in [2.05, 4.69) is 12.2 Å². The first kappa shape index (κ1) is 15.1. The number of hydrogen-bond donors (Lipinski definition) is 1.